The molecule has 0 aliphatic heterocycles. The monoisotopic (exact) mass is 275 g/mol. The minimum atomic E-state index is 0.0643. The number of nitrogens with one attached hydrogen (secondary N) is 1. The molecule has 1 aromatic carbocycles. The third kappa shape index (κ3) is 4.26. The number of benzene rings is 1. The van der Waals surface area contributed by atoms with E-state index < -0.39 is 0 Å². The van der Waals surface area contributed by atoms with Crippen molar-refractivity contribution in [1.29, 1.82) is 0 Å². The van der Waals surface area contributed by atoms with Crippen molar-refractivity contribution >= 4 is 11.6 Å². The van der Waals surface area contributed by atoms with Crippen LogP contribution in [0, 0.1) is 5.92 Å². The van der Waals surface area contributed by atoms with E-state index in [0.29, 0.717) is 6.10 Å². The zero-order valence-corrected chi connectivity index (χ0v) is 12.5. The van der Waals surface area contributed by atoms with Crippen LogP contribution in [0.2, 0.25) is 0 Å². The molecule has 0 heterocycles. The van der Waals surface area contributed by atoms with Gasteiger partial charge in [0.2, 0.25) is 5.91 Å². The van der Waals surface area contributed by atoms with Crippen LogP contribution >= 0.6 is 0 Å². The van der Waals surface area contributed by atoms with Crippen molar-refractivity contribution in [2.45, 2.75) is 58.5 Å². The van der Waals surface area contributed by atoms with E-state index in [0.717, 1.165) is 37.1 Å². The van der Waals surface area contributed by atoms with Gasteiger partial charge in [-0.15, -0.1) is 0 Å². The smallest absolute Gasteiger partial charge is 0.227 e. The van der Waals surface area contributed by atoms with E-state index in [1.165, 1.54) is 12.8 Å². The molecule has 1 atom stereocenters. The molecule has 1 N–H and O–H groups in total. The Kier molecular flexibility index (Phi) is 5.45. The van der Waals surface area contributed by atoms with Gasteiger partial charge in [0.25, 0.3) is 0 Å². The largest absolute Gasteiger partial charge is 0.490 e. The van der Waals surface area contributed by atoms with Crippen molar-refractivity contribution in [3.05, 3.63) is 24.3 Å². The maximum absolute atomic E-state index is 11.9. The fraction of sp³-hybridized carbons (Fsp3) is 0.588. The topological polar surface area (TPSA) is 38.3 Å². The Labute approximate surface area is 121 Å². The normalized spacial score (nSPS) is 16.9. The lowest BCUT2D eigenvalue weighted by Gasteiger charge is -2.14. The number of carbonyl (C=O) groups excluding carboxylic acids is 1. The van der Waals surface area contributed by atoms with Gasteiger partial charge >= 0.3 is 0 Å². The number of hydrogen-bond acceptors (Lipinski definition) is 2. The number of rotatable bonds is 6. The molecular formula is C17H25NO2. The summed E-state index contributed by atoms with van der Waals surface area (Å²) in [6.07, 6.45) is 7.19. The van der Waals surface area contributed by atoms with Crippen LogP contribution in [-0.4, -0.2) is 12.0 Å². The molecule has 1 aliphatic carbocycles. The predicted molar refractivity (Wildman–Crippen MR) is 82.0 cm³/mol. The van der Waals surface area contributed by atoms with E-state index in [-0.39, 0.29) is 11.8 Å². The standard InChI is InChI=1S/C17H25NO2/c1-3-6-13(2)17(19)18-14-9-11-16(12-10-14)20-15-7-4-5-8-15/h9-13,15H,3-8H2,1-2H3,(H,18,19). The van der Waals surface area contributed by atoms with E-state index in [9.17, 15) is 4.79 Å². The fourth-order valence-electron chi connectivity index (χ4n) is 2.65. The van der Waals surface area contributed by atoms with Crippen molar-refractivity contribution in [2.75, 3.05) is 5.32 Å². The predicted octanol–water partition coefficient (Wildman–Crippen LogP) is 4.38. The molecule has 20 heavy (non-hydrogen) atoms. The summed E-state index contributed by atoms with van der Waals surface area (Å²) in [5.74, 6) is 1.06. The van der Waals surface area contributed by atoms with Crippen LogP contribution in [0.4, 0.5) is 5.69 Å². The molecule has 1 aliphatic rings. The first kappa shape index (κ1) is 14.9. The molecule has 1 fully saturated rings. The first-order valence-electron chi connectivity index (χ1n) is 7.76. The molecule has 1 aromatic rings. The van der Waals surface area contributed by atoms with Crippen LogP contribution in [-0.2, 0) is 4.79 Å². The molecule has 0 aromatic heterocycles. The highest BCUT2D eigenvalue weighted by molar-refractivity contribution is 5.92. The van der Waals surface area contributed by atoms with Gasteiger partial charge in [-0.1, -0.05) is 20.3 Å². The summed E-state index contributed by atoms with van der Waals surface area (Å²) in [6.45, 7) is 4.06. The number of amides is 1. The Bertz CT molecular complexity index is 421. The Morgan fingerprint density at radius 3 is 2.55 bits per heavy atom. The molecule has 3 heteroatoms. The van der Waals surface area contributed by atoms with Crippen molar-refractivity contribution in [3.63, 3.8) is 0 Å². The number of anilines is 1. The van der Waals surface area contributed by atoms with Crippen LogP contribution in [0.15, 0.2) is 24.3 Å². The molecule has 1 saturated carbocycles. The Hall–Kier alpha value is -1.51. The molecule has 1 unspecified atom stereocenters. The van der Waals surface area contributed by atoms with Crippen LogP contribution in [0.5, 0.6) is 5.75 Å². The van der Waals surface area contributed by atoms with E-state index in [4.69, 9.17) is 4.74 Å². The van der Waals surface area contributed by atoms with Gasteiger partial charge in [0.05, 0.1) is 6.10 Å². The van der Waals surface area contributed by atoms with E-state index in [2.05, 4.69) is 12.2 Å². The molecule has 0 spiro atoms. The van der Waals surface area contributed by atoms with Gasteiger partial charge in [0.1, 0.15) is 5.75 Å². The minimum Gasteiger partial charge on any atom is -0.490 e. The number of ether oxygens (including phenoxy) is 1. The fourth-order valence-corrected chi connectivity index (χ4v) is 2.65. The summed E-state index contributed by atoms with van der Waals surface area (Å²) in [5.41, 5.74) is 0.844. The number of hydrogen-bond donors (Lipinski definition) is 1. The molecule has 3 nitrogen and oxygen atoms in total. The summed E-state index contributed by atoms with van der Waals surface area (Å²) in [7, 11) is 0. The summed E-state index contributed by atoms with van der Waals surface area (Å²) in [6, 6.07) is 7.72. The summed E-state index contributed by atoms with van der Waals surface area (Å²) < 4.78 is 5.91. The van der Waals surface area contributed by atoms with Crippen LogP contribution in [0.1, 0.15) is 52.4 Å². The molecule has 1 amide bonds. The highest BCUT2D eigenvalue weighted by atomic mass is 16.5. The zero-order valence-electron chi connectivity index (χ0n) is 12.5. The second-order valence-electron chi connectivity index (χ2n) is 5.73. The maximum Gasteiger partial charge on any atom is 0.227 e. The van der Waals surface area contributed by atoms with Gasteiger partial charge in [0, 0.05) is 11.6 Å². The third-order valence-corrected chi connectivity index (χ3v) is 3.90. The molecule has 0 saturated heterocycles. The van der Waals surface area contributed by atoms with Crippen molar-refractivity contribution in [1.82, 2.24) is 0 Å². The van der Waals surface area contributed by atoms with Gasteiger partial charge in [-0.05, 0) is 56.4 Å². The van der Waals surface area contributed by atoms with Gasteiger partial charge in [0.15, 0.2) is 0 Å². The van der Waals surface area contributed by atoms with E-state index in [1.54, 1.807) is 0 Å². The van der Waals surface area contributed by atoms with Crippen molar-refractivity contribution < 1.29 is 9.53 Å². The van der Waals surface area contributed by atoms with Crippen LogP contribution in [0.3, 0.4) is 0 Å². The second kappa shape index (κ2) is 7.32. The Balaban J connectivity index is 1.86. The third-order valence-electron chi connectivity index (χ3n) is 3.90. The summed E-state index contributed by atoms with van der Waals surface area (Å²) in [5, 5.41) is 2.95. The minimum absolute atomic E-state index is 0.0643. The molecule has 110 valence electrons. The first-order chi connectivity index (χ1) is 9.69. The Morgan fingerprint density at radius 1 is 1.30 bits per heavy atom. The Morgan fingerprint density at radius 2 is 1.95 bits per heavy atom. The first-order valence-corrected chi connectivity index (χ1v) is 7.76. The van der Waals surface area contributed by atoms with E-state index >= 15 is 0 Å². The van der Waals surface area contributed by atoms with Gasteiger partial charge in [-0.25, -0.2) is 0 Å². The van der Waals surface area contributed by atoms with Gasteiger partial charge < -0.3 is 10.1 Å². The average Bonchev–Trinajstić information content (AvgIpc) is 2.94. The summed E-state index contributed by atoms with van der Waals surface area (Å²) in [4.78, 5) is 11.9. The highest BCUT2D eigenvalue weighted by Gasteiger charge is 2.16. The van der Waals surface area contributed by atoms with Gasteiger partial charge in [-0.2, -0.15) is 0 Å². The lowest BCUT2D eigenvalue weighted by atomic mass is 10.1. The van der Waals surface area contributed by atoms with Crippen molar-refractivity contribution in [3.8, 4) is 5.75 Å². The maximum atomic E-state index is 11.9. The lowest BCUT2D eigenvalue weighted by Crippen LogP contribution is -2.20. The van der Waals surface area contributed by atoms with Crippen molar-refractivity contribution in [2.24, 2.45) is 5.92 Å². The second-order valence-corrected chi connectivity index (χ2v) is 5.73. The SMILES string of the molecule is CCCC(C)C(=O)Nc1ccc(OC2CCCC2)cc1. The highest BCUT2D eigenvalue weighted by Crippen LogP contribution is 2.25. The lowest BCUT2D eigenvalue weighted by molar-refractivity contribution is -0.119. The number of carbonyl (C=O) groups is 1. The molecule has 0 bridgehead atoms. The van der Waals surface area contributed by atoms with Gasteiger partial charge in [-0.3, -0.25) is 4.79 Å². The summed E-state index contributed by atoms with van der Waals surface area (Å²) >= 11 is 0. The van der Waals surface area contributed by atoms with Crippen LogP contribution < -0.4 is 10.1 Å². The average molecular weight is 275 g/mol. The van der Waals surface area contributed by atoms with E-state index in [1.807, 2.05) is 31.2 Å². The molecular weight excluding hydrogens is 250 g/mol. The molecule has 2 rings (SSSR count). The quantitative estimate of drug-likeness (QED) is 0.836. The van der Waals surface area contributed by atoms with Crippen LogP contribution in [0.25, 0.3) is 0 Å². The zero-order chi connectivity index (χ0) is 14.4. The molecule has 0 radical (unpaired) electrons.